The molecule has 0 aliphatic carbocycles. The van der Waals surface area contributed by atoms with Gasteiger partial charge in [0.15, 0.2) is 0 Å². The van der Waals surface area contributed by atoms with E-state index < -0.39 is 0 Å². The minimum atomic E-state index is 0.0254. The van der Waals surface area contributed by atoms with Gasteiger partial charge in [-0.1, -0.05) is 13.0 Å². The maximum absolute atomic E-state index is 11.1. The van der Waals surface area contributed by atoms with Gasteiger partial charge in [0.2, 0.25) is 5.91 Å². The number of carbonyl (C=O) groups is 1. The molecule has 0 saturated heterocycles. The minimum Gasteiger partial charge on any atom is -0.497 e. The molecule has 0 saturated carbocycles. The lowest BCUT2D eigenvalue weighted by molar-refractivity contribution is -0.119. The zero-order chi connectivity index (χ0) is 12.8. The summed E-state index contributed by atoms with van der Waals surface area (Å²) in [6, 6.07) is 6.24. The van der Waals surface area contributed by atoms with Crippen LogP contribution in [0.5, 0.6) is 5.75 Å². The van der Waals surface area contributed by atoms with E-state index in [1.165, 1.54) is 11.1 Å². The summed E-state index contributed by atoms with van der Waals surface area (Å²) in [4.78, 5) is 11.1. The zero-order valence-corrected chi connectivity index (χ0v) is 11.0. The Labute approximate surface area is 103 Å². The maximum atomic E-state index is 11.1. The van der Waals surface area contributed by atoms with Crippen LogP contribution in [0, 0.1) is 6.92 Å². The SMILES string of the molecule is CCC(Cc1cc(OC)ccc1C)NC(C)=O. The molecular formula is C14H21NO2. The summed E-state index contributed by atoms with van der Waals surface area (Å²) in [6.45, 7) is 5.71. The lowest BCUT2D eigenvalue weighted by Gasteiger charge is -2.17. The highest BCUT2D eigenvalue weighted by Crippen LogP contribution is 2.19. The van der Waals surface area contributed by atoms with Crippen molar-refractivity contribution < 1.29 is 9.53 Å². The van der Waals surface area contributed by atoms with E-state index in [1.54, 1.807) is 14.0 Å². The third-order valence-corrected chi connectivity index (χ3v) is 2.92. The van der Waals surface area contributed by atoms with Crippen molar-refractivity contribution in [3.63, 3.8) is 0 Å². The fourth-order valence-electron chi connectivity index (χ4n) is 1.85. The summed E-state index contributed by atoms with van der Waals surface area (Å²) >= 11 is 0. The first-order valence-electron chi connectivity index (χ1n) is 5.97. The molecule has 1 aromatic rings. The fourth-order valence-corrected chi connectivity index (χ4v) is 1.85. The standard InChI is InChI=1S/C14H21NO2/c1-5-13(15-11(3)16)8-12-9-14(17-4)7-6-10(12)2/h6-7,9,13H,5,8H2,1-4H3,(H,15,16). The molecule has 0 bridgehead atoms. The number of ether oxygens (including phenoxy) is 1. The molecule has 1 rings (SSSR count). The van der Waals surface area contributed by atoms with Crippen LogP contribution in [0.2, 0.25) is 0 Å². The van der Waals surface area contributed by atoms with Crippen LogP contribution in [0.1, 0.15) is 31.4 Å². The van der Waals surface area contributed by atoms with Gasteiger partial charge < -0.3 is 10.1 Å². The van der Waals surface area contributed by atoms with Crippen molar-refractivity contribution in [2.45, 2.75) is 39.7 Å². The molecule has 0 aromatic heterocycles. The minimum absolute atomic E-state index is 0.0254. The van der Waals surface area contributed by atoms with E-state index in [9.17, 15) is 4.79 Å². The van der Waals surface area contributed by atoms with Gasteiger partial charge in [-0.15, -0.1) is 0 Å². The van der Waals surface area contributed by atoms with Crippen LogP contribution in [-0.4, -0.2) is 19.1 Å². The lowest BCUT2D eigenvalue weighted by Crippen LogP contribution is -2.34. The van der Waals surface area contributed by atoms with Crippen LogP contribution in [0.25, 0.3) is 0 Å². The number of aryl methyl sites for hydroxylation is 1. The Balaban J connectivity index is 2.80. The fraction of sp³-hybridized carbons (Fsp3) is 0.500. The second-order valence-electron chi connectivity index (χ2n) is 4.30. The summed E-state index contributed by atoms with van der Waals surface area (Å²) in [5.41, 5.74) is 2.46. The number of nitrogens with one attached hydrogen (secondary N) is 1. The highest BCUT2D eigenvalue weighted by molar-refractivity contribution is 5.73. The number of benzene rings is 1. The molecule has 1 unspecified atom stereocenters. The molecule has 0 aliphatic heterocycles. The number of hydrogen-bond acceptors (Lipinski definition) is 2. The summed E-state index contributed by atoms with van der Waals surface area (Å²) in [5.74, 6) is 0.890. The summed E-state index contributed by atoms with van der Waals surface area (Å²) < 4.78 is 5.22. The Hall–Kier alpha value is -1.51. The molecule has 0 aliphatic rings. The number of carbonyl (C=O) groups excluding carboxylic acids is 1. The first kappa shape index (κ1) is 13.6. The molecule has 17 heavy (non-hydrogen) atoms. The molecule has 1 amide bonds. The second-order valence-corrected chi connectivity index (χ2v) is 4.30. The number of hydrogen-bond donors (Lipinski definition) is 1. The monoisotopic (exact) mass is 235 g/mol. The molecule has 1 aromatic carbocycles. The third kappa shape index (κ3) is 4.10. The number of rotatable bonds is 5. The van der Waals surface area contributed by atoms with Crippen molar-refractivity contribution in [2.24, 2.45) is 0 Å². The Morgan fingerprint density at radius 1 is 1.47 bits per heavy atom. The van der Waals surface area contributed by atoms with E-state index in [0.29, 0.717) is 0 Å². The van der Waals surface area contributed by atoms with Gasteiger partial charge in [-0.25, -0.2) is 0 Å². The van der Waals surface area contributed by atoms with Crippen molar-refractivity contribution in [2.75, 3.05) is 7.11 Å². The normalized spacial score (nSPS) is 12.0. The Morgan fingerprint density at radius 3 is 2.71 bits per heavy atom. The van der Waals surface area contributed by atoms with E-state index in [1.807, 2.05) is 12.1 Å². The quantitative estimate of drug-likeness (QED) is 0.851. The van der Waals surface area contributed by atoms with Crippen molar-refractivity contribution in [1.29, 1.82) is 0 Å². The van der Waals surface area contributed by atoms with Crippen molar-refractivity contribution >= 4 is 5.91 Å². The molecule has 3 heteroatoms. The van der Waals surface area contributed by atoms with Crippen LogP contribution in [0.4, 0.5) is 0 Å². The number of methoxy groups -OCH3 is 1. The van der Waals surface area contributed by atoms with E-state index in [4.69, 9.17) is 4.74 Å². The molecule has 1 atom stereocenters. The van der Waals surface area contributed by atoms with Gasteiger partial charge in [0.05, 0.1) is 7.11 Å². The molecule has 0 spiro atoms. The Kier molecular flexibility index (Phi) is 5.01. The highest BCUT2D eigenvalue weighted by atomic mass is 16.5. The average Bonchev–Trinajstić information content (AvgIpc) is 2.30. The van der Waals surface area contributed by atoms with E-state index >= 15 is 0 Å². The molecule has 94 valence electrons. The van der Waals surface area contributed by atoms with Crippen LogP contribution >= 0.6 is 0 Å². The lowest BCUT2D eigenvalue weighted by atomic mass is 9.99. The molecule has 1 N–H and O–H groups in total. The van der Waals surface area contributed by atoms with Gasteiger partial charge in [-0.05, 0) is 43.0 Å². The van der Waals surface area contributed by atoms with Crippen molar-refractivity contribution in [1.82, 2.24) is 5.32 Å². The predicted octanol–water partition coefficient (Wildman–Crippen LogP) is 2.46. The van der Waals surface area contributed by atoms with Gasteiger partial charge in [0.25, 0.3) is 0 Å². The molecule has 0 radical (unpaired) electrons. The topological polar surface area (TPSA) is 38.3 Å². The highest BCUT2D eigenvalue weighted by Gasteiger charge is 2.10. The first-order valence-corrected chi connectivity index (χ1v) is 5.97. The van der Waals surface area contributed by atoms with Crippen molar-refractivity contribution in [3.8, 4) is 5.75 Å². The van der Waals surface area contributed by atoms with Gasteiger partial charge in [-0.3, -0.25) is 4.79 Å². The zero-order valence-electron chi connectivity index (χ0n) is 11.0. The second kappa shape index (κ2) is 6.28. The maximum Gasteiger partial charge on any atom is 0.217 e. The molecule has 3 nitrogen and oxygen atoms in total. The predicted molar refractivity (Wildman–Crippen MR) is 69.3 cm³/mol. The van der Waals surface area contributed by atoms with E-state index in [2.05, 4.69) is 25.2 Å². The number of amides is 1. The first-order chi connectivity index (χ1) is 8.06. The molecule has 0 fully saturated rings. The summed E-state index contributed by atoms with van der Waals surface area (Å²) in [7, 11) is 1.67. The largest absolute Gasteiger partial charge is 0.497 e. The summed E-state index contributed by atoms with van der Waals surface area (Å²) in [5, 5.41) is 2.96. The van der Waals surface area contributed by atoms with Gasteiger partial charge in [0.1, 0.15) is 5.75 Å². The Morgan fingerprint density at radius 2 is 2.18 bits per heavy atom. The average molecular weight is 235 g/mol. The van der Waals surface area contributed by atoms with Crippen molar-refractivity contribution in [3.05, 3.63) is 29.3 Å². The Bertz CT molecular complexity index is 388. The van der Waals surface area contributed by atoms with Crippen LogP contribution < -0.4 is 10.1 Å². The molecule has 0 heterocycles. The van der Waals surface area contributed by atoms with Crippen LogP contribution in [-0.2, 0) is 11.2 Å². The summed E-state index contributed by atoms with van der Waals surface area (Å²) in [6.07, 6.45) is 1.77. The van der Waals surface area contributed by atoms with Crippen LogP contribution in [0.3, 0.4) is 0 Å². The van der Waals surface area contributed by atoms with Gasteiger partial charge in [0, 0.05) is 13.0 Å². The smallest absolute Gasteiger partial charge is 0.217 e. The van der Waals surface area contributed by atoms with E-state index in [0.717, 1.165) is 18.6 Å². The van der Waals surface area contributed by atoms with E-state index in [-0.39, 0.29) is 11.9 Å². The van der Waals surface area contributed by atoms with Crippen LogP contribution in [0.15, 0.2) is 18.2 Å². The van der Waals surface area contributed by atoms with Gasteiger partial charge in [-0.2, -0.15) is 0 Å². The third-order valence-electron chi connectivity index (χ3n) is 2.92. The molecular weight excluding hydrogens is 214 g/mol. The van der Waals surface area contributed by atoms with Gasteiger partial charge >= 0.3 is 0 Å².